The van der Waals surface area contributed by atoms with E-state index in [2.05, 4.69) is 234 Å². The number of aromatic nitrogens is 12. The van der Waals surface area contributed by atoms with E-state index in [1.165, 1.54) is 88.5 Å². The second-order valence-electron chi connectivity index (χ2n) is 22.5. The molecule has 7 aromatic heterocycles. The van der Waals surface area contributed by atoms with Crippen molar-refractivity contribution in [3.05, 3.63) is 265 Å². The van der Waals surface area contributed by atoms with Gasteiger partial charge < -0.3 is 0 Å². The average molecular weight is 1160 g/mol. The Morgan fingerprint density at radius 3 is 1.26 bits per heavy atom. The summed E-state index contributed by atoms with van der Waals surface area (Å²) < 4.78 is 30.9. The Labute approximate surface area is 523 Å². The molecular weight excluding hydrogens is 1080 g/mol. The summed E-state index contributed by atoms with van der Waals surface area (Å²) in [5.41, 5.74) is 21.2. The molecule has 88 heavy (non-hydrogen) atoms. The zero-order chi connectivity index (χ0) is 64.2. The molecule has 438 valence electrons. The molecule has 13 rings (SSSR count). The highest BCUT2D eigenvalue weighted by Crippen LogP contribution is 2.33. The Bertz CT molecular complexity index is 4450. The van der Waals surface area contributed by atoms with Gasteiger partial charge in [-0.3, -0.25) is 0 Å². The summed E-state index contributed by atoms with van der Waals surface area (Å²) in [7, 11) is 8.21. The molecule has 0 radical (unpaired) electrons. The third kappa shape index (κ3) is 14.9. The van der Waals surface area contributed by atoms with Crippen molar-refractivity contribution in [3.8, 4) is 90.1 Å². The van der Waals surface area contributed by atoms with Crippen molar-refractivity contribution in [2.45, 2.75) is 80.0 Å². The van der Waals surface area contributed by atoms with Gasteiger partial charge in [-0.25, -0.2) is 58.1 Å². The summed E-state index contributed by atoms with van der Waals surface area (Å²) in [5, 5.41) is 0. The van der Waals surface area contributed by atoms with Crippen molar-refractivity contribution in [3.63, 3.8) is 0 Å². The molecule has 12 heteroatoms. The second kappa shape index (κ2) is 28.3. The third-order valence-corrected chi connectivity index (χ3v) is 16.1. The summed E-state index contributed by atoms with van der Waals surface area (Å²) in [6, 6.07) is 57.5. The van der Waals surface area contributed by atoms with Crippen molar-refractivity contribution in [2.24, 2.45) is 28.2 Å². The first-order chi connectivity index (χ1) is 43.9. The SMILES string of the molecule is Cc1ccccc1-c1cc(-c2cnc(C3CCCC3)nc2)cc[n+]1C.Cc1ccccc1-c1cc(-c2ncncn2)cc[n+]1C.Cc1nc(C)nc(-c2cc[n+](C)c(-c3ccccc3C)c2)n1.[2H]C([2H])([2H])c1ccc(-c2ccc(-c3ccccc3C)[n+](C)c2)cc1. The number of rotatable bonds is 9. The number of pyridine rings is 4. The Hall–Kier alpha value is -10.2. The molecule has 12 nitrogen and oxygen atoms in total. The van der Waals surface area contributed by atoms with E-state index < -0.39 is 6.85 Å². The minimum Gasteiger partial charge on any atom is -0.240 e. The average Bonchev–Trinajstić information content (AvgIpc) is 1.25. The second-order valence-corrected chi connectivity index (χ2v) is 22.5. The van der Waals surface area contributed by atoms with E-state index in [0.717, 1.165) is 73.8 Å². The quantitative estimate of drug-likeness (QED) is 0.131. The van der Waals surface area contributed by atoms with E-state index in [9.17, 15) is 0 Å². The van der Waals surface area contributed by atoms with Gasteiger partial charge in [0, 0.05) is 109 Å². The highest BCUT2D eigenvalue weighted by Gasteiger charge is 2.22. The molecule has 1 aliphatic carbocycles. The van der Waals surface area contributed by atoms with Crippen LogP contribution in [0.3, 0.4) is 0 Å². The van der Waals surface area contributed by atoms with Gasteiger partial charge in [-0.15, -0.1) is 0 Å². The van der Waals surface area contributed by atoms with Crippen molar-refractivity contribution >= 4 is 0 Å². The van der Waals surface area contributed by atoms with Crippen LogP contribution in [0.1, 0.15) is 81.0 Å². The first-order valence-electron chi connectivity index (χ1n) is 31.4. The van der Waals surface area contributed by atoms with Crippen LogP contribution in [0.5, 0.6) is 0 Å². The molecule has 7 heterocycles. The van der Waals surface area contributed by atoms with Crippen LogP contribution >= 0.6 is 0 Å². The Morgan fingerprint density at radius 1 is 0.386 bits per heavy atom. The third-order valence-electron chi connectivity index (χ3n) is 16.1. The van der Waals surface area contributed by atoms with Crippen LogP contribution in [0, 0.1) is 48.4 Å². The zero-order valence-electron chi connectivity index (χ0n) is 55.1. The molecule has 12 aromatic rings. The molecule has 0 aliphatic heterocycles. The van der Waals surface area contributed by atoms with Crippen molar-refractivity contribution in [1.29, 1.82) is 0 Å². The van der Waals surface area contributed by atoms with Gasteiger partial charge in [0.1, 0.15) is 58.3 Å². The lowest BCUT2D eigenvalue weighted by atomic mass is 10.0. The van der Waals surface area contributed by atoms with Crippen LogP contribution in [0.25, 0.3) is 90.1 Å². The van der Waals surface area contributed by atoms with Crippen molar-refractivity contribution in [1.82, 2.24) is 39.9 Å². The predicted octanol–water partition coefficient (Wildman–Crippen LogP) is 14.4. The van der Waals surface area contributed by atoms with E-state index in [1.54, 1.807) is 12.1 Å². The summed E-state index contributed by atoms with van der Waals surface area (Å²) in [6.07, 6.45) is 20.4. The maximum atomic E-state index is 7.45. The van der Waals surface area contributed by atoms with Gasteiger partial charge in [0.25, 0.3) is 0 Å². The van der Waals surface area contributed by atoms with E-state index in [1.807, 2.05) is 89.1 Å². The lowest BCUT2D eigenvalue weighted by Crippen LogP contribution is -2.30. The fraction of sp³-hybridized carbons (Fsp3) is 0.211. The first-order valence-corrected chi connectivity index (χ1v) is 29.9. The maximum Gasteiger partial charge on any atom is 0.213 e. The number of nitrogens with zero attached hydrogens (tertiary/aromatic N) is 12. The van der Waals surface area contributed by atoms with E-state index in [0.29, 0.717) is 17.3 Å². The number of hydrogen-bond acceptors (Lipinski definition) is 8. The van der Waals surface area contributed by atoms with Gasteiger partial charge in [-0.2, -0.15) is 0 Å². The van der Waals surface area contributed by atoms with Crippen LogP contribution in [-0.4, -0.2) is 39.9 Å². The lowest BCUT2D eigenvalue weighted by molar-refractivity contribution is -0.660. The lowest BCUT2D eigenvalue weighted by Gasteiger charge is -2.09. The van der Waals surface area contributed by atoms with Crippen LogP contribution < -0.4 is 18.3 Å². The predicted molar refractivity (Wildman–Crippen MR) is 351 cm³/mol. The topological polar surface area (TPSA) is 119 Å². The maximum absolute atomic E-state index is 7.45. The molecule has 0 atom stereocenters. The number of hydrogen-bond donors (Lipinski definition) is 0. The van der Waals surface area contributed by atoms with Gasteiger partial charge in [-0.05, 0) is 125 Å². The molecule has 0 N–H and O–H groups in total. The molecule has 1 aliphatic rings. The molecule has 1 fully saturated rings. The first kappa shape index (κ1) is 56.9. The summed E-state index contributed by atoms with van der Waals surface area (Å²) in [6.45, 7) is 10.2. The van der Waals surface area contributed by atoms with E-state index >= 15 is 0 Å². The highest BCUT2D eigenvalue weighted by atomic mass is 15.0. The summed E-state index contributed by atoms with van der Waals surface area (Å²) in [5.74, 6) is 4.48. The molecule has 0 amide bonds. The fourth-order valence-electron chi connectivity index (χ4n) is 11.1. The summed E-state index contributed by atoms with van der Waals surface area (Å²) >= 11 is 0. The smallest absolute Gasteiger partial charge is 0.213 e. The van der Waals surface area contributed by atoms with Crippen LogP contribution in [0.2, 0.25) is 0 Å². The monoisotopic (exact) mass is 1160 g/mol. The Balaban J connectivity index is 0.000000134. The molecule has 0 bridgehead atoms. The van der Waals surface area contributed by atoms with Gasteiger partial charge in [0.05, 0.1) is 0 Å². The van der Waals surface area contributed by atoms with Crippen LogP contribution in [0.4, 0.5) is 0 Å². The fourth-order valence-corrected chi connectivity index (χ4v) is 11.1. The van der Waals surface area contributed by atoms with Crippen LogP contribution in [-0.2, 0) is 28.2 Å². The Morgan fingerprint density at radius 2 is 0.807 bits per heavy atom. The summed E-state index contributed by atoms with van der Waals surface area (Å²) in [4.78, 5) is 34.8. The largest absolute Gasteiger partial charge is 0.240 e. The minimum atomic E-state index is -2.06. The standard InChI is InChI=1S/C22H24N3.C20H20N.C18H19N4.C16H15N4/c1-16-7-3-6-10-20(16)21-13-18(11-12-25(21)2)19-14-23-22(24-15-19)17-8-4-5-9-17;1-15-8-10-17(11-9-15)18-12-13-20(21(3)14-18)19-7-5-4-6-16(19)2;1-12-7-5-6-8-16(12)17-11-15(9-10-22(17)4)18-20-13(2)19-14(3)21-18;1-12-5-3-4-6-14(12)15-9-13(7-8-20(15)2)16-18-10-17-11-19-16/h3,6-7,10-15,17H,4-5,8-9H2,1-2H3;4-14H,1-3H3;5-11H,1-4H3;3-11H,1-2H3/q4*+1/i;1D3;;. The minimum absolute atomic E-state index is 0.368. The normalized spacial score (nSPS) is 12.5. The number of benzene rings is 5. The van der Waals surface area contributed by atoms with Gasteiger partial charge >= 0.3 is 0 Å². The van der Waals surface area contributed by atoms with Gasteiger partial charge in [0.15, 0.2) is 36.4 Å². The van der Waals surface area contributed by atoms with Crippen LogP contribution in [0.15, 0.2) is 220 Å². The van der Waals surface area contributed by atoms with Crippen molar-refractivity contribution in [2.75, 3.05) is 0 Å². The van der Waals surface area contributed by atoms with E-state index in [-0.39, 0.29) is 0 Å². The highest BCUT2D eigenvalue weighted by molar-refractivity contribution is 5.71. The van der Waals surface area contributed by atoms with E-state index in [4.69, 9.17) is 4.11 Å². The molecule has 0 unspecified atom stereocenters. The Kier molecular flexibility index (Phi) is 18.3. The van der Waals surface area contributed by atoms with Crippen molar-refractivity contribution < 1.29 is 22.4 Å². The molecular formula is C76H78N12+4. The van der Waals surface area contributed by atoms with Gasteiger partial charge in [0.2, 0.25) is 22.8 Å². The number of aryl methyl sites for hydroxylation is 11. The zero-order valence-corrected chi connectivity index (χ0v) is 52.1. The molecule has 1 saturated carbocycles. The van der Waals surface area contributed by atoms with Gasteiger partial charge in [-0.1, -0.05) is 115 Å². The molecule has 0 saturated heterocycles. The molecule has 5 aromatic carbocycles. The molecule has 0 spiro atoms.